The summed E-state index contributed by atoms with van der Waals surface area (Å²) in [6.45, 7) is 5.01. The van der Waals surface area contributed by atoms with E-state index in [-0.39, 0.29) is 5.91 Å². The van der Waals surface area contributed by atoms with E-state index < -0.39 is 11.7 Å². The largest absolute Gasteiger partial charge is 0.497 e. The van der Waals surface area contributed by atoms with Gasteiger partial charge in [0, 0.05) is 24.7 Å². The molecule has 0 fully saturated rings. The molecule has 0 saturated carbocycles. The van der Waals surface area contributed by atoms with Crippen LogP contribution in [0.4, 0.5) is 10.5 Å². The first-order valence-electron chi connectivity index (χ1n) is 6.92. The predicted octanol–water partition coefficient (Wildman–Crippen LogP) is 2.16. The summed E-state index contributed by atoms with van der Waals surface area (Å²) in [6, 6.07) is 6.58. The lowest BCUT2D eigenvalue weighted by atomic mass is 10.1. The van der Waals surface area contributed by atoms with Crippen molar-refractivity contribution in [1.29, 1.82) is 0 Å². The summed E-state index contributed by atoms with van der Waals surface area (Å²) < 4.78 is 5.06. The van der Waals surface area contributed by atoms with Gasteiger partial charge in [0.25, 0.3) is 0 Å². The molecule has 1 aliphatic rings. The Morgan fingerprint density at radius 3 is 2.50 bits per heavy atom. The average molecular weight is 304 g/mol. The molecule has 118 valence electrons. The molecule has 7 nitrogen and oxygen atoms in total. The third-order valence-electron chi connectivity index (χ3n) is 3.37. The van der Waals surface area contributed by atoms with Crippen molar-refractivity contribution in [2.45, 2.75) is 32.9 Å². The van der Waals surface area contributed by atoms with Gasteiger partial charge in [-0.3, -0.25) is 4.79 Å². The molecule has 0 saturated heterocycles. The summed E-state index contributed by atoms with van der Waals surface area (Å²) in [5.74, 6) is 0.490. The Labute approximate surface area is 129 Å². The second kappa shape index (κ2) is 6.05. The van der Waals surface area contributed by atoms with E-state index >= 15 is 0 Å². The molecule has 1 unspecified atom stereocenters. The molecular formula is C15H20N4O3. The highest BCUT2D eigenvalue weighted by Crippen LogP contribution is 2.25. The standard InChI is InChI=1S/C15H20N4O3/c1-10-9-15(3,19(18-10)11(2)20)17-14(21)16-12-5-7-13(22-4)8-6-12/h5-8H,9H2,1-4H3,(H2,16,17,21). The highest BCUT2D eigenvalue weighted by Gasteiger charge is 2.40. The first kappa shape index (κ1) is 15.8. The van der Waals surface area contributed by atoms with Crippen LogP contribution < -0.4 is 15.4 Å². The Balaban J connectivity index is 2.03. The van der Waals surface area contributed by atoms with E-state index in [1.165, 1.54) is 11.9 Å². The van der Waals surface area contributed by atoms with Crippen molar-refractivity contribution in [2.24, 2.45) is 5.10 Å². The average Bonchev–Trinajstić information content (AvgIpc) is 2.74. The van der Waals surface area contributed by atoms with Crippen molar-refractivity contribution in [2.75, 3.05) is 12.4 Å². The number of ether oxygens (including phenoxy) is 1. The van der Waals surface area contributed by atoms with Crippen LogP contribution in [0.3, 0.4) is 0 Å². The second-order valence-corrected chi connectivity index (χ2v) is 5.42. The summed E-state index contributed by atoms with van der Waals surface area (Å²) in [6.07, 6.45) is 0.489. The van der Waals surface area contributed by atoms with Gasteiger partial charge in [0.15, 0.2) is 0 Å². The summed E-state index contributed by atoms with van der Waals surface area (Å²) in [7, 11) is 1.58. The van der Waals surface area contributed by atoms with Crippen LogP contribution in [0.25, 0.3) is 0 Å². The number of urea groups is 1. The molecule has 0 spiro atoms. The third kappa shape index (κ3) is 3.36. The maximum atomic E-state index is 12.2. The normalized spacial score (nSPS) is 20.4. The lowest BCUT2D eigenvalue weighted by Gasteiger charge is -2.32. The minimum absolute atomic E-state index is 0.218. The lowest BCUT2D eigenvalue weighted by Crippen LogP contribution is -2.57. The van der Waals surface area contributed by atoms with Gasteiger partial charge in [-0.15, -0.1) is 0 Å². The molecule has 0 aliphatic carbocycles. The molecule has 1 aromatic rings. The summed E-state index contributed by atoms with van der Waals surface area (Å²) in [5, 5.41) is 11.0. The number of nitrogens with zero attached hydrogens (tertiary/aromatic N) is 2. The number of methoxy groups -OCH3 is 1. The van der Waals surface area contributed by atoms with Gasteiger partial charge < -0.3 is 15.4 Å². The van der Waals surface area contributed by atoms with Gasteiger partial charge in [-0.05, 0) is 38.1 Å². The van der Waals surface area contributed by atoms with Gasteiger partial charge in [0.2, 0.25) is 5.91 Å². The van der Waals surface area contributed by atoms with Crippen LogP contribution in [0, 0.1) is 0 Å². The molecular weight excluding hydrogens is 284 g/mol. The number of carbonyl (C=O) groups excluding carboxylic acids is 2. The Hall–Kier alpha value is -2.57. The van der Waals surface area contributed by atoms with Gasteiger partial charge >= 0.3 is 6.03 Å². The lowest BCUT2D eigenvalue weighted by molar-refractivity contribution is -0.134. The molecule has 0 radical (unpaired) electrons. The Kier molecular flexibility index (Phi) is 4.35. The predicted molar refractivity (Wildman–Crippen MR) is 83.8 cm³/mol. The molecule has 22 heavy (non-hydrogen) atoms. The van der Waals surface area contributed by atoms with Gasteiger partial charge in [0.1, 0.15) is 11.4 Å². The van der Waals surface area contributed by atoms with Gasteiger partial charge in [-0.1, -0.05) is 0 Å². The van der Waals surface area contributed by atoms with E-state index in [4.69, 9.17) is 4.74 Å². The van der Waals surface area contributed by atoms with E-state index in [9.17, 15) is 9.59 Å². The Morgan fingerprint density at radius 2 is 1.95 bits per heavy atom. The van der Waals surface area contributed by atoms with Gasteiger partial charge in [-0.2, -0.15) is 5.10 Å². The van der Waals surface area contributed by atoms with Crippen LogP contribution >= 0.6 is 0 Å². The molecule has 1 aliphatic heterocycles. The first-order valence-corrected chi connectivity index (χ1v) is 6.92. The number of anilines is 1. The number of benzene rings is 1. The molecule has 1 aromatic carbocycles. The zero-order valence-electron chi connectivity index (χ0n) is 13.1. The maximum absolute atomic E-state index is 12.2. The molecule has 2 N–H and O–H groups in total. The highest BCUT2D eigenvalue weighted by molar-refractivity contribution is 5.93. The monoisotopic (exact) mass is 304 g/mol. The zero-order valence-corrected chi connectivity index (χ0v) is 13.1. The van der Waals surface area contributed by atoms with E-state index in [1.807, 2.05) is 6.92 Å². The number of hydrazone groups is 1. The van der Waals surface area contributed by atoms with E-state index in [2.05, 4.69) is 15.7 Å². The van der Waals surface area contributed by atoms with E-state index in [1.54, 1.807) is 38.3 Å². The maximum Gasteiger partial charge on any atom is 0.321 e. The molecule has 0 aromatic heterocycles. The number of rotatable bonds is 3. The van der Waals surface area contributed by atoms with Crippen molar-refractivity contribution in [3.63, 3.8) is 0 Å². The van der Waals surface area contributed by atoms with Crippen molar-refractivity contribution in [3.05, 3.63) is 24.3 Å². The summed E-state index contributed by atoms with van der Waals surface area (Å²) in [4.78, 5) is 23.8. The zero-order chi connectivity index (χ0) is 16.3. The summed E-state index contributed by atoms with van der Waals surface area (Å²) in [5.41, 5.74) is 0.571. The van der Waals surface area contributed by atoms with Gasteiger partial charge in [0.05, 0.1) is 7.11 Å². The van der Waals surface area contributed by atoms with Crippen LogP contribution in [0.1, 0.15) is 27.2 Å². The fourth-order valence-corrected chi connectivity index (χ4v) is 2.49. The third-order valence-corrected chi connectivity index (χ3v) is 3.37. The van der Waals surface area contributed by atoms with Crippen molar-refractivity contribution in [1.82, 2.24) is 10.3 Å². The molecule has 7 heteroatoms. The van der Waals surface area contributed by atoms with E-state index in [0.717, 1.165) is 5.71 Å². The van der Waals surface area contributed by atoms with Gasteiger partial charge in [-0.25, -0.2) is 9.80 Å². The number of hydrogen-bond donors (Lipinski definition) is 2. The van der Waals surface area contributed by atoms with Crippen LogP contribution in [0.2, 0.25) is 0 Å². The Morgan fingerprint density at radius 1 is 1.32 bits per heavy atom. The smallest absolute Gasteiger partial charge is 0.321 e. The molecule has 0 bridgehead atoms. The van der Waals surface area contributed by atoms with Crippen LogP contribution in [-0.4, -0.2) is 35.4 Å². The summed E-state index contributed by atoms with van der Waals surface area (Å²) >= 11 is 0. The second-order valence-electron chi connectivity index (χ2n) is 5.42. The molecule has 1 heterocycles. The van der Waals surface area contributed by atoms with E-state index in [0.29, 0.717) is 17.9 Å². The van der Waals surface area contributed by atoms with Crippen molar-refractivity contribution in [3.8, 4) is 5.75 Å². The number of nitrogens with one attached hydrogen (secondary N) is 2. The Bertz CT molecular complexity index is 612. The highest BCUT2D eigenvalue weighted by atomic mass is 16.5. The molecule has 1 atom stereocenters. The minimum atomic E-state index is -0.855. The minimum Gasteiger partial charge on any atom is -0.497 e. The van der Waals surface area contributed by atoms with Crippen LogP contribution in [-0.2, 0) is 4.79 Å². The first-order chi connectivity index (χ1) is 10.3. The van der Waals surface area contributed by atoms with Crippen LogP contribution in [0.5, 0.6) is 5.75 Å². The number of amides is 3. The van der Waals surface area contributed by atoms with Crippen molar-refractivity contribution >= 4 is 23.3 Å². The van der Waals surface area contributed by atoms with Crippen molar-refractivity contribution < 1.29 is 14.3 Å². The number of carbonyl (C=O) groups is 2. The fourth-order valence-electron chi connectivity index (χ4n) is 2.49. The number of hydrogen-bond acceptors (Lipinski definition) is 4. The topological polar surface area (TPSA) is 83.0 Å². The quantitative estimate of drug-likeness (QED) is 0.897. The molecule has 3 amide bonds. The molecule has 2 rings (SSSR count). The van der Waals surface area contributed by atoms with Crippen LogP contribution in [0.15, 0.2) is 29.4 Å². The SMILES string of the molecule is COc1ccc(NC(=O)NC2(C)CC(C)=NN2C(C)=O)cc1. The fraction of sp³-hybridized carbons (Fsp3) is 0.400.